The zero-order chi connectivity index (χ0) is 25.4. The number of halogens is 1. The molecule has 6 rings (SSSR count). The number of rotatable bonds is 5. The number of hydrogen-bond donors (Lipinski definition) is 0. The summed E-state index contributed by atoms with van der Waals surface area (Å²) in [6.45, 7) is 4.67. The lowest BCUT2D eigenvalue weighted by Crippen LogP contribution is -3.00. The van der Waals surface area contributed by atoms with Crippen LogP contribution in [0.1, 0.15) is 25.0 Å². The maximum atomic E-state index is 2.35. The molecule has 0 atom stereocenters. The van der Waals surface area contributed by atoms with Crippen molar-refractivity contribution in [3.05, 3.63) is 139 Å². The van der Waals surface area contributed by atoms with Crippen LogP contribution in [0, 0.1) is 0 Å². The smallest absolute Gasteiger partial charge is 0.210 e. The van der Waals surface area contributed by atoms with Gasteiger partial charge in [-0.3, -0.25) is 0 Å². The molecule has 0 aromatic heterocycles. The Morgan fingerprint density at radius 2 is 1.16 bits per heavy atom. The predicted octanol–water partition coefficient (Wildman–Crippen LogP) is 6.03. The van der Waals surface area contributed by atoms with E-state index in [4.69, 9.17) is 0 Å². The van der Waals surface area contributed by atoms with Crippen LogP contribution in [-0.2, 0) is 5.41 Å². The molecule has 5 aromatic carbocycles. The molecule has 5 aromatic rings. The first kappa shape index (κ1) is 25.9. The topological polar surface area (TPSA) is 6.25 Å². The fraction of sp³-hybridized carbons (Fsp3) is 0.114. The van der Waals surface area contributed by atoms with Crippen LogP contribution in [0.3, 0.4) is 0 Å². The Morgan fingerprint density at radius 1 is 0.605 bits per heavy atom. The number of allylic oxidation sites excluding steroid dienone is 1. The maximum Gasteiger partial charge on any atom is 0.210 e. The van der Waals surface area contributed by atoms with E-state index < -0.39 is 0 Å². The van der Waals surface area contributed by atoms with Crippen molar-refractivity contribution in [2.45, 2.75) is 19.3 Å². The van der Waals surface area contributed by atoms with Crippen LogP contribution in [0.25, 0.3) is 16.8 Å². The van der Waals surface area contributed by atoms with Crippen molar-refractivity contribution in [2.24, 2.45) is 0 Å². The van der Waals surface area contributed by atoms with E-state index >= 15 is 0 Å². The third-order valence-electron chi connectivity index (χ3n) is 7.51. The number of anilines is 3. The van der Waals surface area contributed by atoms with Crippen LogP contribution in [-0.4, -0.2) is 17.3 Å². The first-order valence-corrected chi connectivity index (χ1v) is 12.9. The fourth-order valence-corrected chi connectivity index (χ4v) is 5.70. The van der Waals surface area contributed by atoms with Gasteiger partial charge in [-0.1, -0.05) is 72.8 Å². The van der Waals surface area contributed by atoms with Gasteiger partial charge in [-0.05, 0) is 78.7 Å². The molecule has 38 heavy (non-hydrogen) atoms. The summed E-state index contributed by atoms with van der Waals surface area (Å²) in [5.74, 6) is 0. The van der Waals surface area contributed by atoms with Crippen LogP contribution in [0.5, 0.6) is 0 Å². The summed E-state index contributed by atoms with van der Waals surface area (Å²) in [6, 6.07) is 43.1. The minimum atomic E-state index is -0.0845. The van der Waals surface area contributed by atoms with Gasteiger partial charge in [0.25, 0.3) is 0 Å². The summed E-state index contributed by atoms with van der Waals surface area (Å²) < 4.78 is 2.35. The zero-order valence-corrected chi connectivity index (χ0v) is 24.1. The second-order valence-electron chi connectivity index (χ2n) is 10.2. The third kappa shape index (κ3) is 4.56. The van der Waals surface area contributed by atoms with E-state index in [1.807, 2.05) is 0 Å². The molecular weight excluding hydrogens is 575 g/mol. The highest BCUT2D eigenvalue weighted by molar-refractivity contribution is 6.09. The van der Waals surface area contributed by atoms with Crippen molar-refractivity contribution in [3.8, 4) is 0 Å². The van der Waals surface area contributed by atoms with Gasteiger partial charge in [0.05, 0.1) is 5.41 Å². The van der Waals surface area contributed by atoms with Gasteiger partial charge in [0, 0.05) is 34.8 Å². The Kier molecular flexibility index (Phi) is 7.22. The van der Waals surface area contributed by atoms with Crippen LogP contribution >= 0.6 is 0 Å². The van der Waals surface area contributed by atoms with E-state index in [0.29, 0.717) is 0 Å². The zero-order valence-electron chi connectivity index (χ0n) is 22.0. The van der Waals surface area contributed by atoms with Crippen LogP contribution in [0.4, 0.5) is 22.7 Å². The maximum absolute atomic E-state index is 2.35. The van der Waals surface area contributed by atoms with E-state index in [0.717, 1.165) is 17.1 Å². The summed E-state index contributed by atoms with van der Waals surface area (Å²) in [6.07, 6.45) is 4.52. The molecule has 0 N–H and O–H groups in total. The molecule has 0 radical (unpaired) electrons. The van der Waals surface area contributed by atoms with Gasteiger partial charge in [0.2, 0.25) is 5.69 Å². The Balaban J connectivity index is 0.00000294. The molecule has 1 heterocycles. The Morgan fingerprint density at radius 3 is 1.79 bits per heavy atom. The first-order valence-electron chi connectivity index (χ1n) is 12.9. The molecule has 0 saturated carbocycles. The van der Waals surface area contributed by atoms with Crippen LogP contribution < -0.4 is 28.9 Å². The van der Waals surface area contributed by atoms with Crippen molar-refractivity contribution in [3.63, 3.8) is 0 Å². The average Bonchev–Trinajstić information content (AvgIpc) is 3.14. The van der Waals surface area contributed by atoms with Gasteiger partial charge in [0.1, 0.15) is 7.05 Å². The largest absolute Gasteiger partial charge is 1.00 e. The molecular formula is C35H31IN2. The average molecular weight is 607 g/mol. The molecule has 0 spiro atoms. The molecule has 1 aliphatic rings. The normalized spacial score (nSPS) is 14.0. The van der Waals surface area contributed by atoms with E-state index in [1.54, 1.807) is 0 Å². The highest BCUT2D eigenvalue weighted by Gasteiger charge is 2.44. The quantitative estimate of drug-likeness (QED) is 0.175. The van der Waals surface area contributed by atoms with Crippen molar-refractivity contribution in [1.82, 2.24) is 0 Å². The second-order valence-corrected chi connectivity index (χ2v) is 10.2. The van der Waals surface area contributed by atoms with Crippen LogP contribution in [0.2, 0.25) is 0 Å². The lowest BCUT2D eigenvalue weighted by atomic mass is 9.79. The highest BCUT2D eigenvalue weighted by atomic mass is 127. The van der Waals surface area contributed by atoms with Crippen molar-refractivity contribution < 1.29 is 28.6 Å². The molecule has 0 aliphatic carbocycles. The number of benzene rings is 5. The van der Waals surface area contributed by atoms with Crippen LogP contribution in [0.15, 0.2) is 127 Å². The Bertz CT molecular complexity index is 1590. The Labute approximate surface area is 242 Å². The van der Waals surface area contributed by atoms with E-state index in [1.165, 1.54) is 33.3 Å². The standard InChI is InChI=1S/C35H31N2.HI/c1-35(2)33(36(3)32-24-21-27-12-10-11-17-31(27)34(32)35)25-20-26-18-22-30(23-19-26)37(28-13-6-4-7-14-28)29-15-8-5-9-16-29;/h4-25H,1-3H3;1H/q+1;/p-1. The monoisotopic (exact) mass is 606 g/mol. The molecule has 0 saturated heterocycles. The fourth-order valence-electron chi connectivity index (χ4n) is 5.70. The molecule has 0 unspecified atom stereocenters. The minimum absolute atomic E-state index is 0. The molecule has 0 fully saturated rings. The summed E-state index contributed by atoms with van der Waals surface area (Å²) >= 11 is 0. The van der Waals surface area contributed by atoms with Crippen molar-refractivity contribution in [2.75, 3.05) is 11.9 Å². The highest BCUT2D eigenvalue weighted by Crippen LogP contribution is 2.43. The first-order chi connectivity index (χ1) is 18.0. The molecule has 3 heteroatoms. The second kappa shape index (κ2) is 10.6. The number of para-hydroxylation sites is 2. The molecule has 0 bridgehead atoms. The third-order valence-corrected chi connectivity index (χ3v) is 7.51. The van der Waals surface area contributed by atoms with Gasteiger partial charge in [-0.2, -0.15) is 4.58 Å². The van der Waals surface area contributed by atoms with Gasteiger partial charge >= 0.3 is 0 Å². The van der Waals surface area contributed by atoms with Gasteiger partial charge in [-0.25, -0.2) is 0 Å². The lowest BCUT2D eigenvalue weighted by Gasteiger charge is -2.25. The van der Waals surface area contributed by atoms with Gasteiger partial charge < -0.3 is 28.9 Å². The SMILES string of the molecule is C[N+]1=C(/C=C/c2ccc(N(c3ccccc3)c3ccccc3)cc2)C(C)(C)c2c1ccc1ccccc21.[I-]. The minimum Gasteiger partial charge on any atom is -1.00 e. The van der Waals surface area contributed by atoms with E-state index in [9.17, 15) is 0 Å². The van der Waals surface area contributed by atoms with Gasteiger partial charge in [0.15, 0.2) is 5.71 Å². The molecule has 188 valence electrons. The summed E-state index contributed by atoms with van der Waals surface area (Å²) in [4.78, 5) is 2.29. The van der Waals surface area contributed by atoms with Gasteiger partial charge in [-0.15, -0.1) is 0 Å². The summed E-state index contributed by atoms with van der Waals surface area (Å²) in [7, 11) is 2.18. The number of fused-ring (bicyclic) bond motifs is 3. The summed E-state index contributed by atoms with van der Waals surface area (Å²) in [5, 5.41) is 2.64. The lowest BCUT2D eigenvalue weighted by molar-refractivity contribution is -0.401. The molecule has 2 nitrogen and oxygen atoms in total. The Hall–Kier alpha value is -3.70. The molecule has 0 amide bonds. The summed E-state index contributed by atoms with van der Waals surface area (Å²) in [5.41, 5.74) is 8.53. The van der Waals surface area contributed by atoms with E-state index in [2.05, 4.69) is 164 Å². The van der Waals surface area contributed by atoms with Crippen molar-refractivity contribution in [1.29, 1.82) is 0 Å². The predicted molar refractivity (Wildman–Crippen MR) is 158 cm³/mol. The molecule has 1 aliphatic heterocycles. The number of hydrogen-bond acceptors (Lipinski definition) is 1. The van der Waals surface area contributed by atoms with E-state index in [-0.39, 0.29) is 29.4 Å². The number of nitrogens with zero attached hydrogens (tertiary/aromatic N) is 2. The van der Waals surface area contributed by atoms with Crippen molar-refractivity contribution >= 4 is 45.3 Å².